The average Bonchev–Trinajstić information content (AvgIpc) is 2.40. The molecule has 1 atom stereocenters. The third-order valence-electron chi connectivity index (χ3n) is 2.76. The van der Waals surface area contributed by atoms with Crippen molar-refractivity contribution in [3.8, 4) is 5.75 Å². The van der Waals surface area contributed by atoms with E-state index in [9.17, 15) is 4.79 Å². The molecule has 2 rings (SSSR count). The molecule has 1 aliphatic heterocycles. The van der Waals surface area contributed by atoms with Crippen LogP contribution in [0.5, 0.6) is 5.75 Å². The Hall–Kier alpha value is -1.11. The van der Waals surface area contributed by atoms with Gasteiger partial charge in [0.1, 0.15) is 5.75 Å². The highest BCUT2D eigenvalue weighted by Gasteiger charge is 2.19. The standard InChI is InChI=1S/C13H17BrN2O3/c1-10(19-12-4-2-3-11(14)9-12)13(17)15-16-5-7-18-8-6-16/h2-4,9-10H,5-8H2,1H3,(H,15,17)/t10-/m1/s1. The first-order chi connectivity index (χ1) is 9.15. The average molecular weight is 329 g/mol. The van der Waals surface area contributed by atoms with Gasteiger partial charge in [0, 0.05) is 17.6 Å². The van der Waals surface area contributed by atoms with E-state index in [2.05, 4.69) is 21.4 Å². The lowest BCUT2D eigenvalue weighted by Gasteiger charge is -2.28. The molecule has 1 saturated heterocycles. The Kier molecular flexibility index (Phi) is 5.18. The van der Waals surface area contributed by atoms with E-state index in [4.69, 9.17) is 9.47 Å². The van der Waals surface area contributed by atoms with Crippen molar-refractivity contribution in [3.63, 3.8) is 0 Å². The molecule has 104 valence electrons. The van der Waals surface area contributed by atoms with E-state index in [1.807, 2.05) is 29.3 Å². The highest BCUT2D eigenvalue weighted by Crippen LogP contribution is 2.18. The number of ether oxygens (including phenoxy) is 2. The van der Waals surface area contributed by atoms with Gasteiger partial charge in [-0.15, -0.1) is 0 Å². The minimum atomic E-state index is -0.544. The Labute approximate surface area is 121 Å². The highest BCUT2D eigenvalue weighted by molar-refractivity contribution is 9.10. The van der Waals surface area contributed by atoms with Crippen LogP contribution in [0.1, 0.15) is 6.92 Å². The van der Waals surface area contributed by atoms with Gasteiger partial charge in [0.05, 0.1) is 13.2 Å². The van der Waals surface area contributed by atoms with Gasteiger partial charge in [-0.2, -0.15) is 0 Å². The number of rotatable bonds is 4. The number of morpholine rings is 1. The third kappa shape index (κ3) is 4.49. The molecule has 6 heteroatoms. The van der Waals surface area contributed by atoms with Crippen LogP contribution in [-0.4, -0.2) is 43.3 Å². The quantitative estimate of drug-likeness (QED) is 0.911. The highest BCUT2D eigenvalue weighted by atomic mass is 79.9. The second kappa shape index (κ2) is 6.88. The van der Waals surface area contributed by atoms with Crippen molar-refractivity contribution in [2.45, 2.75) is 13.0 Å². The molecule has 0 radical (unpaired) electrons. The van der Waals surface area contributed by atoms with Crippen LogP contribution in [0.15, 0.2) is 28.7 Å². The molecule has 0 saturated carbocycles. The van der Waals surface area contributed by atoms with Crippen molar-refractivity contribution in [3.05, 3.63) is 28.7 Å². The smallest absolute Gasteiger partial charge is 0.275 e. The minimum absolute atomic E-state index is 0.151. The third-order valence-corrected chi connectivity index (χ3v) is 3.25. The molecular formula is C13H17BrN2O3. The Bertz CT molecular complexity index is 436. The van der Waals surface area contributed by atoms with Crippen molar-refractivity contribution < 1.29 is 14.3 Å². The number of halogens is 1. The first-order valence-corrected chi connectivity index (χ1v) is 7.00. The van der Waals surface area contributed by atoms with Gasteiger partial charge < -0.3 is 9.47 Å². The number of carbonyl (C=O) groups is 1. The zero-order valence-electron chi connectivity index (χ0n) is 10.8. The fourth-order valence-electron chi connectivity index (χ4n) is 1.72. The maximum absolute atomic E-state index is 12.0. The summed E-state index contributed by atoms with van der Waals surface area (Å²) in [7, 11) is 0. The Morgan fingerprint density at radius 1 is 1.47 bits per heavy atom. The number of nitrogens with one attached hydrogen (secondary N) is 1. The topological polar surface area (TPSA) is 50.8 Å². The molecule has 19 heavy (non-hydrogen) atoms. The molecule has 0 unspecified atom stereocenters. The number of carbonyl (C=O) groups excluding carboxylic acids is 1. The number of nitrogens with zero attached hydrogens (tertiary/aromatic N) is 1. The first-order valence-electron chi connectivity index (χ1n) is 6.20. The van der Waals surface area contributed by atoms with Crippen LogP contribution in [0, 0.1) is 0 Å². The summed E-state index contributed by atoms with van der Waals surface area (Å²) in [5, 5.41) is 1.85. The molecule has 5 nitrogen and oxygen atoms in total. The predicted molar refractivity (Wildman–Crippen MR) is 74.8 cm³/mol. The maximum Gasteiger partial charge on any atom is 0.275 e. The molecule has 0 aromatic heterocycles. The molecule has 1 aromatic rings. The molecule has 0 bridgehead atoms. The summed E-state index contributed by atoms with van der Waals surface area (Å²) in [4.78, 5) is 12.0. The lowest BCUT2D eigenvalue weighted by molar-refractivity contribution is -0.134. The fraction of sp³-hybridized carbons (Fsp3) is 0.462. The van der Waals surface area contributed by atoms with Gasteiger partial charge in [0.25, 0.3) is 5.91 Å². The number of hydrogen-bond acceptors (Lipinski definition) is 4. The number of hydrazine groups is 1. The second-order valence-electron chi connectivity index (χ2n) is 4.29. The number of hydrogen-bond donors (Lipinski definition) is 1. The maximum atomic E-state index is 12.0. The molecular weight excluding hydrogens is 312 g/mol. The largest absolute Gasteiger partial charge is 0.481 e. The van der Waals surface area contributed by atoms with Crippen molar-refractivity contribution in [1.82, 2.24) is 10.4 Å². The normalized spacial score (nSPS) is 17.8. The summed E-state index contributed by atoms with van der Waals surface area (Å²) < 4.78 is 11.7. The van der Waals surface area contributed by atoms with Crippen LogP contribution in [0.3, 0.4) is 0 Å². The Morgan fingerprint density at radius 2 is 2.21 bits per heavy atom. The summed E-state index contributed by atoms with van der Waals surface area (Å²) >= 11 is 3.37. The van der Waals surface area contributed by atoms with E-state index in [0.29, 0.717) is 32.1 Å². The summed E-state index contributed by atoms with van der Waals surface area (Å²) in [6, 6.07) is 7.43. The van der Waals surface area contributed by atoms with Crippen LogP contribution in [0.4, 0.5) is 0 Å². The van der Waals surface area contributed by atoms with Gasteiger partial charge in [0.15, 0.2) is 6.10 Å². The van der Waals surface area contributed by atoms with Gasteiger partial charge >= 0.3 is 0 Å². The van der Waals surface area contributed by atoms with Gasteiger partial charge in [-0.05, 0) is 25.1 Å². The van der Waals surface area contributed by atoms with E-state index < -0.39 is 6.10 Å². The second-order valence-corrected chi connectivity index (χ2v) is 5.21. The van der Waals surface area contributed by atoms with Gasteiger partial charge in [-0.3, -0.25) is 10.2 Å². The molecule has 1 N–H and O–H groups in total. The summed E-state index contributed by atoms with van der Waals surface area (Å²) in [6.07, 6.45) is -0.544. The van der Waals surface area contributed by atoms with E-state index in [-0.39, 0.29) is 5.91 Å². The van der Waals surface area contributed by atoms with E-state index in [1.54, 1.807) is 6.92 Å². The van der Waals surface area contributed by atoms with Crippen molar-refractivity contribution in [2.75, 3.05) is 26.3 Å². The first kappa shape index (κ1) is 14.3. The summed E-state index contributed by atoms with van der Waals surface area (Å²) in [5.41, 5.74) is 2.83. The van der Waals surface area contributed by atoms with E-state index in [0.717, 1.165) is 4.47 Å². The van der Waals surface area contributed by atoms with Crippen LogP contribution in [0.2, 0.25) is 0 Å². The van der Waals surface area contributed by atoms with Crippen molar-refractivity contribution >= 4 is 21.8 Å². The van der Waals surface area contributed by atoms with Crippen LogP contribution in [0.25, 0.3) is 0 Å². The molecule has 1 amide bonds. The molecule has 1 aromatic carbocycles. The SMILES string of the molecule is C[C@@H](Oc1cccc(Br)c1)C(=O)NN1CCOCC1. The van der Waals surface area contributed by atoms with Crippen LogP contribution >= 0.6 is 15.9 Å². The Balaban J connectivity index is 1.84. The molecule has 1 heterocycles. The van der Waals surface area contributed by atoms with Gasteiger partial charge in [-0.25, -0.2) is 5.01 Å². The van der Waals surface area contributed by atoms with Gasteiger partial charge in [0.2, 0.25) is 0 Å². The lowest BCUT2D eigenvalue weighted by Crippen LogP contribution is -2.51. The zero-order valence-corrected chi connectivity index (χ0v) is 12.4. The number of amides is 1. The van der Waals surface area contributed by atoms with E-state index >= 15 is 0 Å². The minimum Gasteiger partial charge on any atom is -0.481 e. The number of benzene rings is 1. The van der Waals surface area contributed by atoms with Crippen molar-refractivity contribution in [1.29, 1.82) is 0 Å². The molecule has 0 aliphatic carbocycles. The molecule has 1 aliphatic rings. The summed E-state index contributed by atoms with van der Waals surface area (Å²) in [5.74, 6) is 0.515. The van der Waals surface area contributed by atoms with Crippen LogP contribution in [-0.2, 0) is 9.53 Å². The molecule has 1 fully saturated rings. The molecule has 0 spiro atoms. The monoisotopic (exact) mass is 328 g/mol. The predicted octanol–water partition coefficient (Wildman–Crippen LogP) is 1.58. The summed E-state index contributed by atoms with van der Waals surface area (Å²) in [6.45, 7) is 4.42. The lowest BCUT2D eigenvalue weighted by atomic mass is 10.3. The fourth-order valence-corrected chi connectivity index (χ4v) is 2.10. The Morgan fingerprint density at radius 3 is 2.89 bits per heavy atom. The van der Waals surface area contributed by atoms with E-state index in [1.165, 1.54) is 0 Å². The van der Waals surface area contributed by atoms with Crippen molar-refractivity contribution in [2.24, 2.45) is 0 Å². The zero-order chi connectivity index (χ0) is 13.7. The van der Waals surface area contributed by atoms with Crippen LogP contribution < -0.4 is 10.2 Å². The van der Waals surface area contributed by atoms with Gasteiger partial charge in [-0.1, -0.05) is 22.0 Å².